The summed E-state index contributed by atoms with van der Waals surface area (Å²) in [4.78, 5) is 22.7. The molecule has 4 rings (SSSR count). The number of aromatic nitrogens is 2. The van der Waals surface area contributed by atoms with Crippen molar-refractivity contribution in [2.75, 3.05) is 0 Å². The van der Waals surface area contributed by atoms with Gasteiger partial charge in [-0.15, -0.1) is 0 Å². The first-order valence-corrected chi connectivity index (χ1v) is 8.81. The fourth-order valence-electron chi connectivity index (χ4n) is 2.68. The number of hydrazone groups is 1. The number of nitrogens with one attached hydrogen (secondary N) is 2. The Morgan fingerprint density at radius 3 is 2.45 bits per heavy atom. The van der Waals surface area contributed by atoms with E-state index in [1.54, 1.807) is 18.3 Å². The third-order valence-corrected chi connectivity index (χ3v) is 4.10. The minimum Gasteiger partial charge on any atom is -0.335 e. The van der Waals surface area contributed by atoms with E-state index in [4.69, 9.17) is 0 Å². The van der Waals surface area contributed by atoms with Gasteiger partial charge in [-0.1, -0.05) is 30.3 Å². The van der Waals surface area contributed by atoms with E-state index in [0.29, 0.717) is 17.2 Å². The van der Waals surface area contributed by atoms with E-state index < -0.39 is 4.92 Å². The van der Waals surface area contributed by atoms with E-state index in [1.807, 2.05) is 54.6 Å². The van der Waals surface area contributed by atoms with E-state index in [2.05, 4.69) is 25.5 Å². The van der Waals surface area contributed by atoms with Crippen LogP contribution in [0.25, 0.3) is 11.0 Å². The molecule has 8 nitrogen and oxygen atoms in total. The highest BCUT2D eigenvalue weighted by Crippen LogP contribution is 2.15. The number of amidine groups is 1. The fourth-order valence-corrected chi connectivity index (χ4v) is 2.68. The zero-order valence-electron chi connectivity index (χ0n) is 15.2. The van der Waals surface area contributed by atoms with Crippen LogP contribution in [0.5, 0.6) is 0 Å². The molecule has 3 aromatic carbocycles. The lowest BCUT2D eigenvalue weighted by molar-refractivity contribution is -0.384. The van der Waals surface area contributed by atoms with Gasteiger partial charge in [-0.25, -0.2) is 9.98 Å². The lowest BCUT2D eigenvalue weighted by Gasteiger charge is -2.03. The van der Waals surface area contributed by atoms with Crippen molar-refractivity contribution in [1.29, 1.82) is 0 Å². The van der Waals surface area contributed by atoms with Gasteiger partial charge in [0, 0.05) is 12.1 Å². The summed E-state index contributed by atoms with van der Waals surface area (Å²) in [5.41, 5.74) is 6.14. The molecule has 0 aliphatic carbocycles. The van der Waals surface area contributed by atoms with Crippen LogP contribution in [0.1, 0.15) is 11.4 Å². The van der Waals surface area contributed by atoms with Gasteiger partial charge in [0.15, 0.2) is 11.7 Å². The van der Waals surface area contributed by atoms with E-state index in [9.17, 15) is 10.1 Å². The van der Waals surface area contributed by atoms with Gasteiger partial charge in [0.1, 0.15) is 0 Å². The van der Waals surface area contributed by atoms with Crippen molar-refractivity contribution in [3.63, 3.8) is 0 Å². The molecule has 2 N–H and O–H groups in total. The number of hydrogen-bond acceptors (Lipinski definition) is 5. The summed E-state index contributed by atoms with van der Waals surface area (Å²) < 4.78 is 0. The standard InChI is InChI=1S/C21H16N6O2/c28-27(29)17-12-10-15(11-13-17)14-22-26-21(23-16-6-2-1-3-7-16)20-24-18-8-4-5-9-19(18)25-20/h1-14H,(H,23,26)(H,24,25)/b22-14+. The molecule has 29 heavy (non-hydrogen) atoms. The molecule has 1 aromatic heterocycles. The molecular weight excluding hydrogens is 368 g/mol. The monoisotopic (exact) mass is 384 g/mol. The van der Waals surface area contributed by atoms with Gasteiger partial charge in [0.2, 0.25) is 0 Å². The molecule has 0 saturated heterocycles. The summed E-state index contributed by atoms with van der Waals surface area (Å²) in [7, 11) is 0. The van der Waals surface area contributed by atoms with Crippen LogP contribution in [0.3, 0.4) is 0 Å². The number of rotatable bonds is 5. The van der Waals surface area contributed by atoms with Crippen LogP contribution in [0.4, 0.5) is 11.4 Å². The molecular formula is C21H16N6O2. The first kappa shape index (κ1) is 18.1. The van der Waals surface area contributed by atoms with Crippen molar-refractivity contribution >= 4 is 34.5 Å². The van der Waals surface area contributed by atoms with Gasteiger partial charge >= 0.3 is 0 Å². The Labute approximate surface area is 165 Å². The number of benzene rings is 3. The Hall–Kier alpha value is -4.33. The minimum atomic E-state index is -0.439. The lowest BCUT2D eigenvalue weighted by atomic mass is 10.2. The van der Waals surface area contributed by atoms with Crippen LogP contribution in [-0.2, 0) is 0 Å². The molecule has 0 atom stereocenters. The Morgan fingerprint density at radius 1 is 1.00 bits per heavy atom. The molecule has 8 heteroatoms. The van der Waals surface area contributed by atoms with Crippen LogP contribution >= 0.6 is 0 Å². The number of aromatic amines is 1. The van der Waals surface area contributed by atoms with Crippen molar-refractivity contribution in [3.8, 4) is 0 Å². The number of nitrogens with zero attached hydrogens (tertiary/aromatic N) is 4. The van der Waals surface area contributed by atoms with E-state index >= 15 is 0 Å². The minimum absolute atomic E-state index is 0.0312. The molecule has 0 saturated carbocycles. The van der Waals surface area contributed by atoms with Crippen LogP contribution in [0.15, 0.2) is 89.0 Å². The number of imidazole rings is 1. The summed E-state index contributed by atoms with van der Waals surface area (Å²) in [5.74, 6) is 1.00. The molecule has 0 spiro atoms. The predicted octanol–water partition coefficient (Wildman–Crippen LogP) is 4.17. The zero-order valence-corrected chi connectivity index (χ0v) is 15.2. The maximum absolute atomic E-state index is 10.8. The largest absolute Gasteiger partial charge is 0.335 e. The molecule has 0 bridgehead atoms. The second kappa shape index (κ2) is 8.13. The van der Waals surface area contributed by atoms with Gasteiger partial charge in [-0.3, -0.25) is 15.5 Å². The Morgan fingerprint density at radius 2 is 1.72 bits per heavy atom. The van der Waals surface area contributed by atoms with Crippen LogP contribution in [0, 0.1) is 10.1 Å². The van der Waals surface area contributed by atoms with Crippen molar-refractivity contribution in [1.82, 2.24) is 15.4 Å². The predicted molar refractivity (Wildman–Crippen MR) is 113 cm³/mol. The third kappa shape index (κ3) is 4.33. The van der Waals surface area contributed by atoms with Crippen LogP contribution in [-0.4, -0.2) is 26.9 Å². The number of para-hydroxylation sites is 3. The quantitative estimate of drug-likeness (QED) is 0.233. The summed E-state index contributed by atoms with van der Waals surface area (Å²) in [6.07, 6.45) is 1.56. The zero-order chi connectivity index (χ0) is 20.1. The van der Waals surface area contributed by atoms with Gasteiger partial charge in [-0.05, 0) is 42.0 Å². The third-order valence-electron chi connectivity index (χ3n) is 4.10. The van der Waals surface area contributed by atoms with E-state index in [1.165, 1.54) is 12.1 Å². The first-order chi connectivity index (χ1) is 14.2. The Balaban J connectivity index is 1.62. The van der Waals surface area contributed by atoms with E-state index in [-0.39, 0.29) is 5.69 Å². The van der Waals surface area contributed by atoms with Gasteiger partial charge in [0.05, 0.1) is 27.9 Å². The molecule has 0 aliphatic heterocycles. The van der Waals surface area contributed by atoms with Crippen molar-refractivity contribution in [2.24, 2.45) is 10.1 Å². The van der Waals surface area contributed by atoms with Gasteiger partial charge in [-0.2, -0.15) is 5.10 Å². The van der Waals surface area contributed by atoms with Crippen LogP contribution in [0.2, 0.25) is 0 Å². The Kier molecular flexibility index (Phi) is 5.06. The topological polar surface area (TPSA) is 109 Å². The molecule has 1 heterocycles. The maximum atomic E-state index is 10.8. The summed E-state index contributed by atoms with van der Waals surface area (Å²) >= 11 is 0. The smallest absolute Gasteiger partial charge is 0.269 e. The average Bonchev–Trinajstić information content (AvgIpc) is 3.18. The van der Waals surface area contributed by atoms with Crippen LogP contribution < -0.4 is 5.43 Å². The number of nitro groups is 1. The van der Waals surface area contributed by atoms with Gasteiger partial charge in [0.25, 0.3) is 5.69 Å². The SMILES string of the molecule is O=[N+]([O-])c1ccc(/C=N/NC(=Nc2ccccc2)c2nc3ccccc3[nH]2)cc1. The fraction of sp³-hybridized carbons (Fsp3) is 0. The average molecular weight is 384 g/mol. The molecule has 0 radical (unpaired) electrons. The first-order valence-electron chi connectivity index (χ1n) is 8.81. The van der Waals surface area contributed by atoms with Crippen molar-refractivity contribution < 1.29 is 4.92 Å². The second-order valence-corrected chi connectivity index (χ2v) is 6.12. The van der Waals surface area contributed by atoms with E-state index in [0.717, 1.165) is 16.7 Å². The number of non-ortho nitro benzene ring substituents is 1. The highest BCUT2D eigenvalue weighted by molar-refractivity contribution is 6.00. The molecule has 0 unspecified atom stereocenters. The molecule has 142 valence electrons. The molecule has 4 aromatic rings. The molecule has 0 amide bonds. The maximum Gasteiger partial charge on any atom is 0.269 e. The lowest BCUT2D eigenvalue weighted by Crippen LogP contribution is -2.20. The number of aliphatic imine (C=N–C) groups is 1. The van der Waals surface area contributed by atoms with Crippen molar-refractivity contribution in [2.45, 2.75) is 0 Å². The molecule has 0 aliphatic rings. The van der Waals surface area contributed by atoms with Gasteiger partial charge < -0.3 is 4.98 Å². The number of fused-ring (bicyclic) bond motifs is 1. The highest BCUT2D eigenvalue weighted by Gasteiger charge is 2.09. The molecule has 0 fully saturated rings. The number of nitro benzene ring substituents is 1. The number of H-pyrrole nitrogens is 1. The van der Waals surface area contributed by atoms with Crippen molar-refractivity contribution in [3.05, 3.63) is 100 Å². The highest BCUT2D eigenvalue weighted by atomic mass is 16.6. The number of hydrogen-bond donors (Lipinski definition) is 2. The summed E-state index contributed by atoms with van der Waals surface area (Å²) in [5, 5.41) is 15.0. The summed E-state index contributed by atoms with van der Waals surface area (Å²) in [6.45, 7) is 0. The normalized spacial score (nSPS) is 11.8. The second-order valence-electron chi connectivity index (χ2n) is 6.12. The summed E-state index contributed by atoms with van der Waals surface area (Å²) in [6, 6.07) is 23.3. The Bertz CT molecular complexity index is 1160.